The second-order valence-corrected chi connectivity index (χ2v) is 4.24. The molecular weight excluding hydrogens is 254 g/mol. The lowest BCUT2D eigenvalue weighted by Gasteiger charge is -2.09. The topological polar surface area (TPSA) is 60.2 Å². The van der Waals surface area contributed by atoms with Crippen LogP contribution >= 0.6 is 0 Å². The summed E-state index contributed by atoms with van der Waals surface area (Å²) < 4.78 is 7.55. The van der Waals surface area contributed by atoms with Crippen LogP contribution in [-0.4, -0.2) is 26.5 Å². The summed E-state index contributed by atoms with van der Waals surface area (Å²) in [4.78, 5) is 4.16. The number of aliphatic hydroxyl groups is 1. The molecule has 2 rings (SSSR count). The van der Waals surface area contributed by atoms with E-state index in [1.165, 1.54) is 6.33 Å². The molecule has 1 N–H and O–H groups in total. The van der Waals surface area contributed by atoms with E-state index in [1.54, 1.807) is 4.68 Å². The predicted octanol–water partition coefficient (Wildman–Crippen LogP) is 1.53. The monoisotopic (exact) mass is 271 g/mol. The highest BCUT2D eigenvalue weighted by Crippen LogP contribution is 2.20. The third-order valence-electron chi connectivity index (χ3n) is 2.79. The molecule has 0 saturated carbocycles. The Labute approximate surface area is 118 Å². The number of ether oxygens (including phenoxy) is 1. The van der Waals surface area contributed by atoms with Crippen molar-refractivity contribution >= 4 is 0 Å². The van der Waals surface area contributed by atoms with Gasteiger partial charge < -0.3 is 9.84 Å². The molecule has 1 aromatic heterocycles. The van der Waals surface area contributed by atoms with Crippen molar-refractivity contribution in [3.05, 3.63) is 41.5 Å². The van der Waals surface area contributed by atoms with Crippen molar-refractivity contribution in [1.82, 2.24) is 14.8 Å². The molecule has 0 fully saturated rings. The van der Waals surface area contributed by atoms with Crippen LogP contribution in [0.15, 0.2) is 24.5 Å². The van der Waals surface area contributed by atoms with Crippen molar-refractivity contribution in [2.75, 3.05) is 6.61 Å². The average Bonchev–Trinajstić information content (AvgIpc) is 2.91. The third kappa shape index (κ3) is 3.37. The summed E-state index contributed by atoms with van der Waals surface area (Å²) in [6.45, 7) is 4.91. The summed E-state index contributed by atoms with van der Waals surface area (Å²) in [5, 5.41) is 12.9. The van der Waals surface area contributed by atoms with Gasteiger partial charge in [0.2, 0.25) is 0 Å². The van der Waals surface area contributed by atoms with Gasteiger partial charge in [0, 0.05) is 6.54 Å². The minimum Gasteiger partial charge on any atom is -0.484 e. The Hall–Kier alpha value is -2.32. The largest absolute Gasteiger partial charge is 0.484 e. The maximum absolute atomic E-state index is 8.80. The molecule has 0 aliphatic heterocycles. The molecule has 104 valence electrons. The normalized spacial score (nSPS) is 9.95. The Kier molecular flexibility index (Phi) is 4.75. The van der Waals surface area contributed by atoms with E-state index < -0.39 is 0 Å². The van der Waals surface area contributed by atoms with Crippen molar-refractivity contribution in [2.45, 2.75) is 27.0 Å². The van der Waals surface area contributed by atoms with Gasteiger partial charge in [-0.05, 0) is 31.5 Å². The number of hydrogen-bond donors (Lipinski definition) is 1. The summed E-state index contributed by atoms with van der Waals surface area (Å²) in [6, 6.07) is 5.77. The molecule has 0 amide bonds. The number of aliphatic hydroxyl groups excluding tert-OH is 1. The highest BCUT2D eigenvalue weighted by Gasteiger charge is 2.06. The van der Waals surface area contributed by atoms with Gasteiger partial charge in [-0.25, -0.2) is 9.67 Å². The Balaban J connectivity index is 2.17. The van der Waals surface area contributed by atoms with Gasteiger partial charge in [-0.15, -0.1) is 0 Å². The second kappa shape index (κ2) is 6.73. The number of benzene rings is 1. The lowest BCUT2D eigenvalue weighted by atomic mass is 10.1. The SMILES string of the molecule is CCn1ncnc1COc1ccc(C)cc1C#CCO. The number of aryl methyl sites for hydroxylation is 2. The van der Waals surface area contributed by atoms with Crippen molar-refractivity contribution < 1.29 is 9.84 Å². The lowest BCUT2D eigenvalue weighted by molar-refractivity contribution is 0.286. The van der Waals surface area contributed by atoms with Crippen LogP contribution in [0.3, 0.4) is 0 Å². The van der Waals surface area contributed by atoms with E-state index in [9.17, 15) is 0 Å². The quantitative estimate of drug-likeness (QED) is 0.857. The van der Waals surface area contributed by atoms with Crippen LogP contribution in [0.1, 0.15) is 23.9 Å². The predicted molar refractivity (Wildman–Crippen MR) is 75.2 cm³/mol. The average molecular weight is 271 g/mol. The van der Waals surface area contributed by atoms with Crippen molar-refractivity contribution in [3.63, 3.8) is 0 Å². The first-order valence-electron chi connectivity index (χ1n) is 6.44. The van der Waals surface area contributed by atoms with Gasteiger partial charge in [-0.2, -0.15) is 5.10 Å². The second-order valence-electron chi connectivity index (χ2n) is 4.24. The maximum atomic E-state index is 8.80. The van der Waals surface area contributed by atoms with Crippen LogP contribution < -0.4 is 4.74 Å². The zero-order valence-corrected chi connectivity index (χ0v) is 11.6. The molecule has 20 heavy (non-hydrogen) atoms. The summed E-state index contributed by atoms with van der Waals surface area (Å²) in [7, 11) is 0. The lowest BCUT2D eigenvalue weighted by Crippen LogP contribution is -2.07. The van der Waals surface area contributed by atoms with Gasteiger partial charge in [0.15, 0.2) is 5.82 Å². The molecule has 0 saturated heterocycles. The minimum atomic E-state index is -0.169. The van der Waals surface area contributed by atoms with E-state index in [-0.39, 0.29) is 6.61 Å². The van der Waals surface area contributed by atoms with E-state index >= 15 is 0 Å². The molecule has 1 aromatic carbocycles. The summed E-state index contributed by atoms with van der Waals surface area (Å²) in [5.74, 6) is 6.99. The molecule has 2 aromatic rings. The van der Waals surface area contributed by atoms with Gasteiger partial charge in [0.1, 0.15) is 25.3 Å². The van der Waals surface area contributed by atoms with Crippen molar-refractivity contribution in [3.8, 4) is 17.6 Å². The van der Waals surface area contributed by atoms with Crippen LogP contribution in [0, 0.1) is 18.8 Å². The maximum Gasteiger partial charge on any atom is 0.164 e. The van der Waals surface area contributed by atoms with Gasteiger partial charge in [0.25, 0.3) is 0 Å². The summed E-state index contributed by atoms with van der Waals surface area (Å²) >= 11 is 0. The first-order chi connectivity index (χ1) is 9.74. The third-order valence-corrected chi connectivity index (χ3v) is 2.79. The van der Waals surface area contributed by atoms with Gasteiger partial charge in [-0.1, -0.05) is 17.9 Å². The first-order valence-corrected chi connectivity index (χ1v) is 6.44. The minimum absolute atomic E-state index is 0.169. The van der Waals surface area contributed by atoms with E-state index in [1.807, 2.05) is 32.0 Å². The summed E-state index contributed by atoms with van der Waals surface area (Å²) in [6.07, 6.45) is 1.52. The Morgan fingerprint density at radius 1 is 1.40 bits per heavy atom. The Morgan fingerprint density at radius 3 is 3.00 bits per heavy atom. The fraction of sp³-hybridized carbons (Fsp3) is 0.333. The fourth-order valence-electron chi connectivity index (χ4n) is 1.81. The molecule has 0 aliphatic carbocycles. The van der Waals surface area contributed by atoms with E-state index in [4.69, 9.17) is 9.84 Å². The molecule has 5 nitrogen and oxygen atoms in total. The standard InChI is InChI=1S/C15H17N3O2/c1-3-18-15(16-11-17-18)10-20-14-7-6-12(2)9-13(14)5-4-8-19/h6-7,9,11,19H,3,8,10H2,1-2H3. The number of aromatic nitrogens is 3. The zero-order chi connectivity index (χ0) is 14.4. The molecule has 0 radical (unpaired) electrons. The number of rotatable bonds is 4. The summed E-state index contributed by atoms with van der Waals surface area (Å²) in [5.41, 5.74) is 1.86. The number of hydrogen-bond acceptors (Lipinski definition) is 4. The Bertz CT molecular complexity index is 638. The van der Waals surface area contributed by atoms with E-state index in [2.05, 4.69) is 21.9 Å². The van der Waals surface area contributed by atoms with E-state index in [0.717, 1.165) is 23.5 Å². The molecule has 1 heterocycles. The molecule has 5 heteroatoms. The smallest absolute Gasteiger partial charge is 0.164 e. The van der Waals surface area contributed by atoms with Crippen LogP contribution in [-0.2, 0) is 13.2 Å². The molecular formula is C15H17N3O2. The number of nitrogens with zero attached hydrogens (tertiary/aromatic N) is 3. The molecule has 0 atom stereocenters. The van der Waals surface area contributed by atoms with Crippen molar-refractivity contribution in [2.24, 2.45) is 0 Å². The van der Waals surface area contributed by atoms with Crippen molar-refractivity contribution in [1.29, 1.82) is 0 Å². The van der Waals surface area contributed by atoms with Crippen LogP contribution in [0.4, 0.5) is 0 Å². The molecule has 0 unspecified atom stereocenters. The van der Waals surface area contributed by atoms with Gasteiger partial charge in [0.05, 0.1) is 5.56 Å². The van der Waals surface area contributed by atoms with Crippen LogP contribution in [0.2, 0.25) is 0 Å². The Morgan fingerprint density at radius 2 is 2.25 bits per heavy atom. The molecule has 0 aliphatic rings. The highest BCUT2D eigenvalue weighted by atomic mass is 16.5. The fourth-order valence-corrected chi connectivity index (χ4v) is 1.81. The van der Waals surface area contributed by atoms with Crippen LogP contribution in [0.25, 0.3) is 0 Å². The first kappa shape index (κ1) is 14.1. The highest BCUT2D eigenvalue weighted by molar-refractivity contribution is 5.48. The zero-order valence-electron chi connectivity index (χ0n) is 11.6. The molecule has 0 spiro atoms. The van der Waals surface area contributed by atoms with E-state index in [0.29, 0.717) is 12.4 Å². The van der Waals surface area contributed by atoms with Crippen LogP contribution in [0.5, 0.6) is 5.75 Å². The van der Waals surface area contributed by atoms with Gasteiger partial charge in [-0.3, -0.25) is 0 Å². The van der Waals surface area contributed by atoms with Gasteiger partial charge >= 0.3 is 0 Å². The molecule has 0 bridgehead atoms.